The van der Waals surface area contributed by atoms with Crippen molar-refractivity contribution in [3.8, 4) is 0 Å². The van der Waals surface area contributed by atoms with E-state index < -0.39 is 0 Å². The molecule has 0 atom stereocenters. The molecule has 4 rings (SSSR count). The number of nitrogens with zero attached hydrogens (tertiary/aromatic N) is 4. The zero-order valence-electron chi connectivity index (χ0n) is 12.7. The van der Waals surface area contributed by atoms with Crippen LogP contribution in [-0.4, -0.2) is 26.4 Å². The number of pyridine rings is 1. The lowest BCUT2D eigenvalue weighted by Crippen LogP contribution is -2.31. The third kappa shape index (κ3) is 2.85. The third-order valence-electron chi connectivity index (χ3n) is 4.43. The fourth-order valence-electron chi connectivity index (χ4n) is 2.98. The molecule has 0 amide bonds. The number of rotatable bonds is 3. The van der Waals surface area contributed by atoms with Crippen LogP contribution < -0.4 is 0 Å². The van der Waals surface area contributed by atoms with Crippen LogP contribution in [0.5, 0.6) is 0 Å². The molecule has 2 aromatic heterocycles. The lowest BCUT2D eigenvalue weighted by atomic mass is 10.1. The second kappa shape index (κ2) is 5.60. The Kier molecular flexibility index (Phi) is 3.59. The van der Waals surface area contributed by atoms with E-state index in [2.05, 4.69) is 20.9 Å². The van der Waals surface area contributed by atoms with Crippen LogP contribution in [0.4, 0.5) is 0 Å². The van der Waals surface area contributed by atoms with E-state index in [1.54, 1.807) is 0 Å². The molecule has 1 fully saturated rings. The summed E-state index contributed by atoms with van der Waals surface area (Å²) in [7, 11) is 0. The van der Waals surface area contributed by atoms with E-state index in [4.69, 9.17) is 16.6 Å². The Morgan fingerprint density at radius 1 is 1.27 bits per heavy atom. The second-order valence-electron chi connectivity index (χ2n) is 6.34. The molecule has 2 aromatic rings. The standard InChI is InChI=1S/C17H19ClN4/c1-11-2-3-13(16(18)20-11)9-22-7-6-15-14(10-22)8-19-17(21-15)12-4-5-12/h2-3,8,12H,4-7,9-10H2,1H3. The van der Waals surface area contributed by atoms with E-state index in [9.17, 15) is 0 Å². The van der Waals surface area contributed by atoms with Crippen LogP contribution in [0, 0.1) is 6.92 Å². The van der Waals surface area contributed by atoms with Gasteiger partial charge >= 0.3 is 0 Å². The highest BCUT2D eigenvalue weighted by atomic mass is 35.5. The van der Waals surface area contributed by atoms with Crippen molar-refractivity contribution in [2.75, 3.05) is 6.54 Å². The first-order valence-corrected chi connectivity index (χ1v) is 8.26. The summed E-state index contributed by atoms with van der Waals surface area (Å²) in [6.45, 7) is 4.69. The summed E-state index contributed by atoms with van der Waals surface area (Å²) in [5, 5.41) is 0.617. The zero-order valence-corrected chi connectivity index (χ0v) is 13.5. The van der Waals surface area contributed by atoms with Crippen molar-refractivity contribution in [1.29, 1.82) is 0 Å². The van der Waals surface area contributed by atoms with Crippen LogP contribution in [0.2, 0.25) is 5.15 Å². The maximum atomic E-state index is 6.25. The van der Waals surface area contributed by atoms with Crippen molar-refractivity contribution in [1.82, 2.24) is 19.9 Å². The van der Waals surface area contributed by atoms with E-state index in [0.717, 1.165) is 43.1 Å². The Balaban J connectivity index is 1.49. The van der Waals surface area contributed by atoms with Crippen molar-refractivity contribution in [3.05, 3.63) is 51.8 Å². The van der Waals surface area contributed by atoms with E-state index in [-0.39, 0.29) is 0 Å². The minimum absolute atomic E-state index is 0.617. The van der Waals surface area contributed by atoms with Gasteiger partial charge in [0, 0.05) is 60.7 Å². The van der Waals surface area contributed by atoms with Crippen LogP contribution in [-0.2, 0) is 19.5 Å². The van der Waals surface area contributed by atoms with Gasteiger partial charge in [0.15, 0.2) is 0 Å². The van der Waals surface area contributed by atoms with Crippen LogP contribution in [0.1, 0.15) is 47.1 Å². The summed E-state index contributed by atoms with van der Waals surface area (Å²) in [5.41, 5.74) is 4.54. The van der Waals surface area contributed by atoms with Gasteiger partial charge in [-0.15, -0.1) is 0 Å². The molecule has 114 valence electrons. The van der Waals surface area contributed by atoms with Gasteiger partial charge in [-0.05, 0) is 25.8 Å². The van der Waals surface area contributed by atoms with Gasteiger partial charge in [0.2, 0.25) is 0 Å². The molecule has 1 aliphatic carbocycles. The second-order valence-corrected chi connectivity index (χ2v) is 6.70. The summed E-state index contributed by atoms with van der Waals surface area (Å²) >= 11 is 6.25. The molecule has 4 nitrogen and oxygen atoms in total. The summed E-state index contributed by atoms with van der Waals surface area (Å²) in [6, 6.07) is 4.09. The highest BCUT2D eigenvalue weighted by molar-refractivity contribution is 6.30. The van der Waals surface area contributed by atoms with E-state index >= 15 is 0 Å². The molecule has 1 saturated carbocycles. The highest BCUT2D eigenvalue weighted by Gasteiger charge is 2.28. The molecular formula is C17H19ClN4. The lowest BCUT2D eigenvalue weighted by molar-refractivity contribution is 0.242. The minimum atomic E-state index is 0.617. The Morgan fingerprint density at radius 2 is 2.14 bits per heavy atom. The molecule has 0 unspecified atom stereocenters. The number of hydrogen-bond acceptors (Lipinski definition) is 4. The maximum Gasteiger partial charge on any atom is 0.133 e. The van der Waals surface area contributed by atoms with Crippen LogP contribution >= 0.6 is 11.6 Å². The topological polar surface area (TPSA) is 41.9 Å². The molecule has 2 aliphatic rings. The number of aromatic nitrogens is 3. The average molecular weight is 315 g/mol. The highest BCUT2D eigenvalue weighted by Crippen LogP contribution is 2.38. The van der Waals surface area contributed by atoms with Gasteiger partial charge in [-0.2, -0.15) is 0 Å². The average Bonchev–Trinajstić information content (AvgIpc) is 3.34. The van der Waals surface area contributed by atoms with Crippen molar-refractivity contribution < 1.29 is 0 Å². The maximum absolute atomic E-state index is 6.25. The van der Waals surface area contributed by atoms with Gasteiger partial charge in [-0.25, -0.2) is 15.0 Å². The monoisotopic (exact) mass is 314 g/mol. The fourth-order valence-corrected chi connectivity index (χ4v) is 3.23. The molecule has 0 aromatic carbocycles. The first-order valence-electron chi connectivity index (χ1n) is 7.88. The van der Waals surface area contributed by atoms with E-state index in [1.165, 1.54) is 24.1 Å². The molecule has 0 bridgehead atoms. The molecule has 1 aliphatic heterocycles. The fraction of sp³-hybridized carbons (Fsp3) is 0.471. The Labute approximate surface area is 135 Å². The lowest BCUT2D eigenvalue weighted by Gasteiger charge is -2.28. The van der Waals surface area contributed by atoms with Crippen LogP contribution in [0.3, 0.4) is 0 Å². The molecule has 0 spiro atoms. The summed E-state index contributed by atoms with van der Waals surface area (Å²) in [6.07, 6.45) is 5.53. The van der Waals surface area contributed by atoms with Gasteiger partial charge in [-0.3, -0.25) is 4.90 Å². The normalized spacial score (nSPS) is 18.3. The Bertz CT molecular complexity index is 712. The Hall–Kier alpha value is -1.52. The van der Waals surface area contributed by atoms with Crippen LogP contribution in [0.15, 0.2) is 18.3 Å². The number of hydrogen-bond donors (Lipinski definition) is 0. The van der Waals surface area contributed by atoms with Gasteiger partial charge in [0.25, 0.3) is 0 Å². The zero-order chi connectivity index (χ0) is 15.1. The van der Waals surface area contributed by atoms with Crippen molar-refractivity contribution >= 4 is 11.6 Å². The summed E-state index contributed by atoms with van der Waals surface area (Å²) < 4.78 is 0. The van der Waals surface area contributed by atoms with Crippen molar-refractivity contribution in [2.24, 2.45) is 0 Å². The van der Waals surface area contributed by atoms with Gasteiger partial charge in [-0.1, -0.05) is 17.7 Å². The summed E-state index contributed by atoms with van der Waals surface area (Å²) in [5.74, 6) is 1.68. The molecular weight excluding hydrogens is 296 g/mol. The number of fused-ring (bicyclic) bond motifs is 1. The first-order chi connectivity index (χ1) is 10.7. The number of aryl methyl sites for hydroxylation is 1. The largest absolute Gasteiger partial charge is 0.294 e. The van der Waals surface area contributed by atoms with Crippen LogP contribution in [0.25, 0.3) is 0 Å². The predicted molar refractivity (Wildman–Crippen MR) is 85.8 cm³/mol. The molecule has 5 heteroatoms. The quantitative estimate of drug-likeness (QED) is 0.815. The van der Waals surface area contributed by atoms with Gasteiger partial charge in [0.05, 0.1) is 0 Å². The molecule has 0 N–H and O–H groups in total. The van der Waals surface area contributed by atoms with Gasteiger partial charge < -0.3 is 0 Å². The van der Waals surface area contributed by atoms with E-state index in [0.29, 0.717) is 11.1 Å². The third-order valence-corrected chi connectivity index (χ3v) is 4.76. The number of halogens is 1. The summed E-state index contributed by atoms with van der Waals surface area (Å²) in [4.78, 5) is 16.0. The van der Waals surface area contributed by atoms with Crippen molar-refractivity contribution in [3.63, 3.8) is 0 Å². The SMILES string of the molecule is Cc1ccc(CN2CCc3nc(C4CC4)ncc3C2)c(Cl)n1. The first kappa shape index (κ1) is 14.1. The van der Waals surface area contributed by atoms with Gasteiger partial charge in [0.1, 0.15) is 11.0 Å². The Morgan fingerprint density at radius 3 is 2.91 bits per heavy atom. The minimum Gasteiger partial charge on any atom is -0.294 e. The molecule has 3 heterocycles. The molecule has 0 radical (unpaired) electrons. The predicted octanol–water partition coefficient (Wildman–Crippen LogP) is 3.27. The van der Waals surface area contributed by atoms with E-state index in [1.807, 2.05) is 19.2 Å². The molecule has 22 heavy (non-hydrogen) atoms. The molecule has 0 saturated heterocycles. The van der Waals surface area contributed by atoms with Crippen molar-refractivity contribution in [2.45, 2.75) is 45.2 Å². The smallest absolute Gasteiger partial charge is 0.133 e.